The van der Waals surface area contributed by atoms with Crippen LogP contribution in [0.2, 0.25) is 6.04 Å². The largest absolute Gasteiger partial charge is 0.430 e. The molecule has 0 saturated carbocycles. The van der Waals surface area contributed by atoms with Crippen molar-refractivity contribution in [2.75, 3.05) is 6.61 Å². The quantitative estimate of drug-likeness (QED) is 0.395. The van der Waals surface area contributed by atoms with Gasteiger partial charge >= 0.3 is 5.97 Å². The third-order valence-electron chi connectivity index (χ3n) is 3.41. The summed E-state index contributed by atoms with van der Waals surface area (Å²) in [5.74, 6) is -0.961. The van der Waals surface area contributed by atoms with Crippen molar-refractivity contribution in [3.8, 4) is 0 Å². The van der Waals surface area contributed by atoms with Crippen LogP contribution in [-0.2, 0) is 19.0 Å². The monoisotopic (exact) mass is 225 g/mol. The normalized spacial score (nSPS) is 46.2. The second-order valence-corrected chi connectivity index (χ2v) is 4.91. The van der Waals surface area contributed by atoms with Gasteiger partial charge in [-0.3, -0.25) is 4.79 Å². The van der Waals surface area contributed by atoms with Gasteiger partial charge < -0.3 is 14.2 Å². The van der Waals surface area contributed by atoms with Crippen molar-refractivity contribution < 1.29 is 19.0 Å². The van der Waals surface area contributed by atoms with E-state index in [4.69, 9.17) is 14.2 Å². The number of rotatable bonds is 4. The molecule has 4 atom stereocenters. The summed E-state index contributed by atoms with van der Waals surface area (Å²) in [4.78, 5) is 11.5. The van der Waals surface area contributed by atoms with E-state index in [1.165, 1.54) is 0 Å². The van der Waals surface area contributed by atoms with Crippen LogP contribution in [0.5, 0.6) is 0 Å². The third kappa shape index (κ3) is 1.30. The number of ether oxygens (including phenoxy) is 3. The van der Waals surface area contributed by atoms with E-state index in [-0.39, 0.29) is 24.1 Å². The zero-order valence-electron chi connectivity index (χ0n) is 8.40. The van der Waals surface area contributed by atoms with E-state index >= 15 is 0 Å². The molecule has 81 valence electrons. The topological polar surface area (TPSA) is 44.8 Å². The number of hydrogen-bond donors (Lipinski definition) is 0. The van der Waals surface area contributed by atoms with E-state index in [0.717, 1.165) is 18.9 Å². The van der Waals surface area contributed by atoms with Crippen molar-refractivity contribution >= 4 is 16.2 Å². The molecule has 3 rings (SSSR count). The van der Waals surface area contributed by atoms with Gasteiger partial charge in [-0.1, -0.05) is 6.04 Å². The molecular formula is C10H13O4Si. The van der Waals surface area contributed by atoms with Crippen LogP contribution in [0.1, 0.15) is 19.3 Å². The third-order valence-corrected chi connectivity index (χ3v) is 3.76. The van der Waals surface area contributed by atoms with Gasteiger partial charge in [0.05, 0.1) is 18.6 Å². The van der Waals surface area contributed by atoms with Gasteiger partial charge in [-0.15, -0.1) is 0 Å². The first-order valence-corrected chi connectivity index (χ1v) is 6.13. The summed E-state index contributed by atoms with van der Waals surface area (Å²) in [6.45, 7) is 0.607. The minimum absolute atomic E-state index is 0.0766. The maximum absolute atomic E-state index is 11.5. The molecule has 0 aromatic carbocycles. The number of esters is 1. The Balaban J connectivity index is 1.73. The summed E-state index contributed by atoms with van der Waals surface area (Å²) in [7, 11) is 3.39. The molecule has 0 amide bonds. The van der Waals surface area contributed by atoms with Crippen molar-refractivity contribution in [2.24, 2.45) is 5.92 Å². The summed E-state index contributed by atoms with van der Waals surface area (Å²) in [6, 6.07) is 0.891. The molecule has 0 aromatic heterocycles. The Hall–Kier alpha value is -0.393. The molecule has 15 heavy (non-hydrogen) atoms. The minimum Gasteiger partial charge on any atom is -0.430 e. The first-order chi connectivity index (χ1) is 7.25. The highest BCUT2D eigenvalue weighted by molar-refractivity contribution is 6.08. The maximum atomic E-state index is 11.5. The van der Waals surface area contributed by atoms with Crippen LogP contribution in [0, 0.1) is 5.92 Å². The molecule has 0 aliphatic carbocycles. The number of fused-ring (bicyclic) bond motifs is 1. The molecule has 4 nitrogen and oxygen atoms in total. The van der Waals surface area contributed by atoms with Crippen LogP contribution >= 0.6 is 0 Å². The van der Waals surface area contributed by atoms with Crippen LogP contribution in [0.25, 0.3) is 0 Å². The van der Waals surface area contributed by atoms with Gasteiger partial charge in [0.2, 0.25) is 5.79 Å². The lowest BCUT2D eigenvalue weighted by Crippen LogP contribution is -2.41. The summed E-state index contributed by atoms with van der Waals surface area (Å²) < 4.78 is 16.8. The molecular weight excluding hydrogens is 212 g/mol. The Morgan fingerprint density at radius 2 is 2.47 bits per heavy atom. The van der Waals surface area contributed by atoms with Crippen LogP contribution in [0.4, 0.5) is 0 Å². The van der Waals surface area contributed by atoms with E-state index in [1.807, 2.05) is 0 Å². The molecule has 0 aromatic rings. The first-order valence-electron chi connectivity index (χ1n) is 5.42. The van der Waals surface area contributed by atoms with Crippen molar-refractivity contribution in [3.05, 3.63) is 0 Å². The lowest BCUT2D eigenvalue weighted by atomic mass is 9.88. The maximum Gasteiger partial charge on any atom is 0.314 e. The summed E-state index contributed by atoms with van der Waals surface area (Å²) >= 11 is 0. The summed E-state index contributed by atoms with van der Waals surface area (Å²) in [6.07, 6.45) is 2.45. The number of carbonyl (C=O) groups excluding carboxylic acids is 1. The SMILES string of the molecule is O=C1OC2(OCCC[Si])CC3CC1C2O3. The molecule has 3 aliphatic heterocycles. The smallest absolute Gasteiger partial charge is 0.314 e. The Morgan fingerprint density at radius 3 is 3.20 bits per heavy atom. The fourth-order valence-electron chi connectivity index (χ4n) is 2.79. The van der Waals surface area contributed by atoms with E-state index < -0.39 is 5.79 Å². The van der Waals surface area contributed by atoms with Crippen molar-refractivity contribution in [1.82, 2.24) is 0 Å². The van der Waals surface area contributed by atoms with Crippen molar-refractivity contribution in [1.29, 1.82) is 0 Å². The fourth-order valence-corrected chi connectivity index (χ4v) is 2.94. The second-order valence-electron chi connectivity index (χ2n) is 4.41. The molecule has 4 unspecified atom stereocenters. The van der Waals surface area contributed by atoms with E-state index in [0.29, 0.717) is 13.0 Å². The van der Waals surface area contributed by atoms with Gasteiger partial charge in [-0.05, 0) is 12.8 Å². The van der Waals surface area contributed by atoms with Crippen LogP contribution < -0.4 is 0 Å². The van der Waals surface area contributed by atoms with Crippen LogP contribution in [-0.4, -0.2) is 40.8 Å². The Bertz CT molecular complexity index is 295. The Labute approximate surface area is 91.7 Å². The molecule has 3 heterocycles. The summed E-state index contributed by atoms with van der Waals surface area (Å²) in [5.41, 5.74) is 0. The lowest BCUT2D eigenvalue weighted by Gasteiger charge is -2.27. The van der Waals surface area contributed by atoms with E-state index in [1.54, 1.807) is 0 Å². The standard InChI is InChI=1S/C10H13O4Si/c11-9-7-4-6-5-10(14-9,8(7)13-6)12-2-1-3-15/h6-8H,1-5H2. The molecule has 3 radical (unpaired) electrons. The fraction of sp³-hybridized carbons (Fsp3) is 0.900. The molecule has 3 fully saturated rings. The van der Waals surface area contributed by atoms with Crippen molar-refractivity contribution in [3.63, 3.8) is 0 Å². The molecule has 0 N–H and O–H groups in total. The van der Waals surface area contributed by atoms with Gasteiger partial charge in [-0.2, -0.15) is 0 Å². The second kappa shape index (κ2) is 3.30. The predicted octanol–water partition coefficient (Wildman–Crippen LogP) is 0.410. The molecule has 5 heteroatoms. The van der Waals surface area contributed by atoms with Gasteiger partial charge in [-0.25, -0.2) is 0 Å². The molecule has 0 spiro atoms. The Morgan fingerprint density at radius 1 is 1.60 bits per heavy atom. The zero-order chi connectivity index (χ0) is 10.5. The molecule has 3 saturated heterocycles. The average molecular weight is 225 g/mol. The molecule has 2 bridgehead atoms. The summed E-state index contributed by atoms with van der Waals surface area (Å²) in [5, 5.41) is 0. The van der Waals surface area contributed by atoms with Crippen molar-refractivity contribution in [2.45, 2.75) is 43.3 Å². The van der Waals surface area contributed by atoms with Crippen LogP contribution in [0.15, 0.2) is 0 Å². The lowest BCUT2D eigenvalue weighted by molar-refractivity contribution is -0.221. The highest BCUT2D eigenvalue weighted by Crippen LogP contribution is 2.53. The van der Waals surface area contributed by atoms with E-state index in [9.17, 15) is 4.79 Å². The van der Waals surface area contributed by atoms with Gasteiger partial charge in [0, 0.05) is 16.7 Å². The van der Waals surface area contributed by atoms with Gasteiger partial charge in [0.15, 0.2) is 0 Å². The van der Waals surface area contributed by atoms with Gasteiger partial charge in [0.25, 0.3) is 0 Å². The van der Waals surface area contributed by atoms with Gasteiger partial charge in [0.1, 0.15) is 6.10 Å². The van der Waals surface area contributed by atoms with E-state index in [2.05, 4.69) is 10.2 Å². The molecule has 3 aliphatic rings. The van der Waals surface area contributed by atoms with Crippen LogP contribution in [0.3, 0.4) is 0 Å². The number of hydrogen-bond acceptors (Lipinski definition) is 4. The highest BCUT2D eigenvalue weighted by atomic mass is 28.1. The first kappa shape index (κ1) is 9.81. The average Bonchev–Trinajstić information content (AvgIpc) is 2.77. The zero-order valence-corrected chi connectivity index (χ0v) is 9.40. The predicted molar refractivity (Wildman–Crippen MR) is 51.3 cm³/mol. The highest BCUT2D eigenvalue weighted by Gasteiger charge is 2.68. The number of carbonyl (C=O) groups is 1. The minimum atomic E-state index is -0.744. The Kier molecular flexibility index (Phi) is 2.16.